The number of thiazole rings is 1. The summed E-state index contributed by atoms with van der Waals surface area (Å²) in [6.07, 6.45) is 3.92. The minimum absolute atomic E-state index is 0.0148. The number of amides is 1. The third kappa shape index (κ3) is 4.40. The summed E-state index contributed by atoms with van der Waals surface area (Å²) in [5, 5.41) is 5.44. The van der Waals surface area contributed by atoms with E-state index < -0.39 is 0 Å². The quantitative estimate of drug-likeness (QED) is 0.797. The molecule has 0 bridgehead atoms. The van der Waals surface area contributed by atoms with Crippen molar-refractivity contribution in [1.29, 1.82) is 0 Å². The van der Waals surface area contributed by atoms with E-state index in [1.165, 1.54) is 11.3 Å². The fourth-order valence-corrected chi connectivity index (χ4v) is 2.40. The number of rotatable bonds is 7. The standard InChI is InChI=1S/C14H17N3O2S/c1-19-9-5-3-7-13(18)16-12-10-20-14(17-12)11-6-2-4-8-15-11/h2,4,6,8,10H,3,5,7,9H2,1H3,(H,16,18). The lowest BCUT2D eigenvalue weighted by Gasteiger charge is -2.01. The zero-order chi connectivity index (χ0) is 14.2. The van der Waals surface area contributed by atoms with Gasteiger partial charge >= 0.3 is 0 Å². The third-order valence-electron chi connectivity index (χ3n) is 2.66. The molecule has 0 atom stereocenters. The lowest BCUT2D eigenvalue weighted by Crippen LogP contribution is -2.11. The number of pyridine rings is 1. The van der Waals surface area contributed by atoms with Crippen molar-refractivity contribution < 1.29 is 9.53 Å². The monoisotopic (exact) mass is 291 g/mol. The average Bonchev–Trinajstić information content (AvgIpc) is 2.93. The van der Waals surface area contributed by atoms with E-state index in [9.17, 15) is 4.79 Å². The Kier molecular flexibility index (Phi) is 5.64. The summed E-state index contributed by atoms with van der Waals surface area (Å²) in [7, 11) is 1.66. The molecule has 106 valence electrons. The van der Waals surface area contributed by atoms with Crippen LogP contribution in [0.15, 0.2) is 29.8 Å². The maximum absolute atomic E-state index is 11.7. The molecule has 1 N–H and O–H groups in total. The van der Waals surface area contributed by atoms with E-state index in [2.05, 4.69) is 15.3 Å². The molecule has 2 aromatic heterocycles. The molecule has 2 rings (SSSR count). The van der Waals surface area contributed by atoms with E-state index in [1.54, 1.807) is 13.3 Å². The van der Waals surface area contributed by atoms with Gasteiger partial charge in [-0.25, -0.2) is 4.98 Å². The largest absolute Gasteiger partial charge is 0.385 e. The molecule has 0 spiro atoms. The van der Waals surface area contributed by atoms with Gasteiger partial charge in [0.05, 0.1) is 5.69 Å². The Morgan fingerprint density at radius 3 is 3.05 bits per heavy atom. The second kappa shape index (κ2) is 7.72. The van der Waals surface area contributed by atoms with Crippen LogP contribution in [0.1, 0.15) is 19.3 Å². The number of carbonyl (C=O) groups is 1. The number of anilines is 1. The van der Waals surface area contributed by atoms with Gasteiger partial charge in [0.2, 0.25) is 5.91 Å². The molecule has 0 unspecified atom stereocenters. The van der Waals surface area contributed by atoms with Crippen LogP contribution in [0.2, 0.25) is 0 Å². The Bertz CT molecular complexity index is 542. The highest BCUT2D eigenvalue weighted by Gasteiger charge is 2.08. The Morgan fingerprint density at radius 2 is 2.30 bits per heavy atom. The maximum atomic E-state index is 11.7. The van der Waals surface area contributed by atoms with E-state index in [4.69, 9.17) is 4.74 Å². The smallest absolute Gasteiger partial charge is 0.225 e. The molecule has 1 amide bonds. The van der Waals surface area contributed by atoms with Gasteiger partial charge in [-0.1, -0.05) is 6.07 Å². The van der Waals surface area contributed by atoms with Gasteiger partial charge in [-0.3, -0.25) is 9.78 Å². The van der Waals surface area contributed by atoms with Crippen molar-refractivity contribution in [2.45, 2.75) is 19.3 Å². The van der Waals surface area contributed by atoms with E-state index in [-0.39, 0.29) is 5.91 Å². The van der Waals surface area contributed by atoms with Crippen molar-refractivity contribution >= 4 is 23.1 Å². The summed E-state index contributed by atoms with van der Waals surface area (Å²) >= 11 is 1.47. The lowest BCUT2D eigenvalue weighted by atomic mass is 10.2. The average molecular weight is 291 g/mol. The summed E-state index contributed by atoms with van der Waals surface area (Å²) in [5.74, 6) is 0.575. The Labute approximate surface area is 122 Å². The molecular weight excluding hydrogens is 274 g/mol. The molecule has 0 aliphatic carbocycles. The van der Waals surface area contributed by atoms with Crippen LogP contribution in [0.5, 0.6) is 0 Å². The number of unbranched alkanes of at least 4 members (excludes halogenated alkanes) is 1. The van der Waals surface area contributed by atoms with E-state index in [0.717, 1.165) is 23.5 Å². The molecule has 0 saturated heterocycles. The molecule has 0 radical (unpaired) electrons. The molecule has 0 saturated carbocycles. The van der Waals surface area contributed by atoms with Crippen molar-refractivity contribution in [2.24, 2.45) is 0 Å². The third-order valence-corrected chi connectivity index (χ3v) is 3.52. The highest BCUT2D eigenvalue weighted by atomic mass is 32.1. The molecular formula is C14H17N3O2S. The number of nitrogens with one attached hydrogen (secondary N) is 1. The fourth-order valence-electron chi connectivity index (χ4n) is 1.68. The van der Waals surface area contributed by atoms with Crippen LogP contribution in [0.3, 0.4) is 0 Å². The van der Waals surface area contributed by atoms with Crippen LogP contribution < -0.4 is 5.32 Å². The SMILES string of the molecule is COCCCCC(=O)Nc1csc(-c2ccccn2)n1. The summed E-state index contributed by atoms with van der Waals surface area (Å²) in [6, 6.07) is 5.67. The first-order valence-electron chi connectivity index (χ1n) is 6.45. The zero-order valence-corrected chi connectivity index (χ0v) is 12.2. The molecule has 5 nitrogen and oxygen atoms in total. The number of aromatic nitrogens is 2. The van der Waals surface area contributed by atoms with E-state index in [0.29, 0.717) is 18.8 Å². The Hall–Kier alpha value is -1.79. The molecule has 0 fully saturated rings. The van der Waals surface area contributed by atoms with Crippen LogP contribution in [0.25, 0.3) is 10.7 Å². The highest BCUT2D eigenvalue weighted by molar-refractivity contribution is 7.13. The molecule has 2 aromatic rings. The predicted molar refractivity (Wildman–Crippen MR) is 79.7 cm³/mol. The first kappa shape index (κ1) is 14.6. The Balaban J connectivity index is 1.85. The van der Waals surface area contributed by atoms with Crippen LogP contribution in [-0.4, -0.2) is 29.6 Å². The Morgan fingerprint density at radius 1 is 1.40 bits per heavy atom. The lowest BCUT2D eigenvalue weighted by molar-refractivity contribution is -0.116. The van der Waals surface area contributed by atoms with Gasteiger partial charge in [0.15, 0.2) is 0 Å². The van der Waals surface area contributed by atoms with Crippen molar-refractivity contribution in [3.05, 3.63) is 29.8 Å². The molecule has 0 aliphatic heterocycles. The van der Waals surface area contributed by atoms with Crippen molar-refractivity contribution in [2.75, 3.05) is 19.0 Å². The van der Waals surface area contributed by atoms with Crippen molar-refractivity contribution in [3.8, 4) is 10.7 Å². The first-order chi connectivity index (χ1) is 9.79. The van der Waals surface area contributed by atoms with Gasteiger partial charge in [-0.05, 0) is 25.0 Å². The topological polar surface area (TPSA) is 64.1 Å². The maximum Gasteiger partial charge on any atom is 0.225 e. The molecule has 0 aliphatic rings. The van der Waals surface area contributed by atoms with Crippen LogP contribution >= 0.6 is 11.3 Å². The number of nitrogens with zero attached hydrogens (tertiary/aromatic N) is 2. The van der Waals surface area contributed by atoms with E-state index >= 15 is 0 Å². The summed E-state index contributed by atoms with van der Waals surface area (Å²) in [4.78, 5) is 20.3. The van der Waals surface area contributed by atoms with Gasteiger partial charge in [0, 0.05) is 31.7 Å². The number of carbonyl (C=O) groups excluding carboxylic acids is 1. The van der Waals surface area contributed by atoms with E-state index in [1.807, 2.05) is 23.6 Å². The highest BCUT2D eigenvalue weighted by Crippen LogP contribution is 2.23. The zero-order valence-electron chi connectivity index (χ0n) is 11.3. The van der Waals surface area contributed by atoms with Gasteiger partial charge in [-0.15, -0.1) is 11.3 Å². The molecule has 0 aromatic carbocycles. The van der Waals surface area contributed by atoms with Crippen LogP contribution in [0.4, 0.5) is 5.82 Å². The number of hydrogen-bond donors (Lipinski definition) is 1. The summed E-state index contributed by atoms with van der Waals surface area (Å²) < 4.78 is 4.94. The summed E-state index contributed by atoms with van der Waals surface area (Å²) in [5.41, 5.74) is 0.818. The van der Waals surface area contributed by atoms with Gasteiger partial charge in [0.1, 0.15) is 10.8 Å². The summed E-state index contributed by atoms with van der Waals surface area (Å²) in [6.45, 7) is 0.688. The molecule has 20 heavy (non-hydrogen) atoms. The van der Waals surface area contributed by atoms with Gasteiger partial charge < -0.3 is 10.1 Å². The first-order valence-corrected chi connectivity index (χ1v) is 7.33. The second-order valence-electron chi connectivity index (χ2n) is 4.25. The van der Waals surface area contributed by atoms with Crippen LogP contribution in [-0.2, 0) is 9.53 Å². The minimum Gasteiger partial charge on any atom is -0.385 e. The van der Waals surface area contributed by atoms with Gasteiger partial charge in [-0.2, -0.15) is 0 Å². The van der Waals surface area contributed by atoms with Crippen molar-refractivity contribution in [1.82, 2.24) is 9.97 Å². The molecule has 2 heterocycles. The second-order valence-corrected chi connectivity index (χ2v) is 5.11. The number of methoxy groups -OCH3 is 1. The fraction of sp³-hybridized carbons (Fsp3) is 0.357. The number of ether oxygens (including phenoxy) is 1. The number of hydrogen-bond acceptors (Lipinski definition) is 5. The normalized spacial score (nSPS) is 10.4. The van der Waals surface area contributed by atoms with Crippen LogP contribution in [0, 0.1) is 0 Å². The molecule has 6 heteroatoms. The van der Waals surface area contributed by atoms with Gasteiger partial charge in [0.25, 0.3) is 0 Å². The van der Waals surface area contributed by atoms with Crippen molar-refractivity contribution in [3.63, 3.8) is 0 Å². The minimum atomic E-state index is -0.0148. The predicted octanol–water partition coefficient (Wildman–Crippen LogP) is 2.96.